The average Bonchev–Trinajstić information content (AvgIpc) is 2.72. The Hall–Kier alpha value is -0.0800. The number of nitrogens with zero attached hydrogens (tertiary/aromatic N) is 1. The van der Waals surface area contributed by atoms with Crippen molar-refractivity contribution in [2.45, 2.75) is 38.6 Å². The number of hydrogen-bond acceptors (Lipinski definition) is 2. The van der Waals surface area contributed by atoms with Crippen molar-refractivity contribution in [3.63, 3.8) is 0 Å². The van der Waals surface area contributed by atoms with Crippen LogP contribution in [0.1, 0.15) is 32.6 Å². The summed E-state index contributed by atoms with van der Waals surface area (Å²) in [7, 11) is 0. The van der Waals surface area contributed by atoms with E-state index in [0.29, 0.717) is 0 Å². The van der Waals surface area contributed by atoms with Crippen LogP contribution in [0.2, 0.25) is 0 Å². The van der Waals surface area contributed by atoms with Gasteiger partial charge in [-0.25, -0.2) is 0 Å². The zero-order chi connectivity index (χ0) is 9.80. The Labute approximate surface area is 87.6 Å². The molecular formula is C12H22NO. The van der Waals surface area contributed by atoms with Crippen LogP contribution in [-0.4, -0.2) is 37.2 Å². The molecule has 2 aliphatic rings. The van der Waals surface area contributed by atoms with Crippen LogP contribution in [0.5, 0.6) is 0 Å². The zero-order valence-corrected chi connectivity index (χ0v) is 9.24. The Kier molecular flexibility index (Phi) is 3.82. The molecule has 0 amide bonds. The van der Waals surface area contributed by atoms with Crippen LogP contribution in [0.3, 0.4) is 0 Å². The first-order valence-electron chi connectivity index (χ1n) is 5.99. The molecular weight excluding hydrogens is 174 g/mol. The van der Waals surface area contributed by atoms with Crippen LogP contribution >= 0.6 is 0 Å². The van der Waals surface area contributed by atoms with Crippen molar-refractivity contribution in [2.24, 2.45) is 5.92 Å². The highest BCUT2D eigenvalue weighted by molar-refractivity contribution is 4.81. The fourth-order valence-corrected chi connectivity index (χ4v) is 2.61. The summed E-state index contributed by atoms with van der Waals surface area (Å²) in [6, 6.07) is 0.760. The van der Waals surface area contributed by atoms with Crippen LogP contribution < -0.4 is 0 Å². The predicted octanol–water partition coefficient (Wildman–Crippen LogP) is 2.10. The molecule has 81 valence electrons. The van der Waals surface area contributed by atoms with Gasteiger partial charge in [-0.05, 0) is 58.0 Å². The largest absolute Gasteiger partial charge is 0.381 e. The fourth-order valence-electron chi connectivity index (χ4n) is 2.61. The third kappa shape index (κ3) is 2.71. The minimum Gasteiger partial charge on any atom is -0.381 e. The first-order chi connectivity index (χ1) is 6.86. The molecule has 0 bridgehead atoms. The van der Waals surface area contributed by atoms with Gasteiger partial charge in [0.25, 0.3) is 0 Å². The normalized spacial score (nSPS) is 31.9. The maximum Gasteiger partial charge on any atom is 0.0495 e. The quantitative estimate of drug-likeness (QED) is 0.685. The summed E-state index contributed by atoms with van der Waals surface area (Å²) < 4.78 is 5.42. The van der Waals surface area contributed by atoms with Gasteiger partial charge in [0.2, 0.25) is 0 Å². The van der Waals surface area contributed by atoms with Gasteiger partial charge in [0, 0.05) is 19.3 Å². The summed E-state index contributed by atoms with van der Waals surface area (Å²) in [5, 5.41) is 0. The molecule has 2 aliphatic heterocycles. The number of rotatable bonds is 3. The number of piperidine rings is 1. The van der Waals surface area contributed by atoms with E-state index in [9.17, 15) is 0 Å². The van der Waals surface area contributed by atoms with Crippen LogP contribution in [0, 0.1) is 12.3 Å². The summed E-state index contributed by atoms with van der Waals surface area (Å²) in [4.78, 5) is 2.64. The second-order valence-corrected chi connectivity index (χ2v) is 4.72. The summed E-state index contributed by atoms with van der Waals surface area (Å²) in [5.74, 6) is 0.830. The molecule has 2 nitrogen and oxygen atoms in total. The highest BCUT2D eigenvalue weighted by Gasteiger charge is 2.22. The van der Waals surface area contributed by atoms with E-state index >= 15 is 0 Å². The molecule has 0 aliphatic carbocycles. The van der Waals surface area contributed by atoms with Gasteiger partial charge in [0.05, 0.1) is 0 Å². The van der Waals surface area contributed by atoms with Crippen molar-refractivity contribution in [3.8, 4) is 0 Å². The molecule has 2 unspecified atom stereocenters. The van der Waals surface area contributed by atoms with Crippen molar-refractivity contribution in [3.05, 3.63) is 6.42 Å². The lowest BCUT2D eigenvalue weighted by atomic mass is 9.98. The van der Waals surface area contributed by atoms with Crippen LogP contribution in [0.15, 0.2) is 0 Å². The molecule has 2 rings (SSSR count). The van der Waals surface area contributed by atoms with Gasteiger partial charge < -0.3 is 9.64 Å². The highest BCUT2D eigenvalue weighted by Crippen LogP contribution is 2.22. The molecule has 14 heavy (non-hydrogen) atoms. The molecule has 1 radical (unpaired) electrons. The van der Waals surface area contributed by atoms with E-state index in [-0.39, 0.29) is 0 Å². The van der Waals surface area contributed by atoms with E-state index in [1.165, 1.54) is 38.8 Å². The standard InChI is InChI=1S/C12H22NO/c1-11(9-12-5-8-14-10-12)13-6-3-2-4-7-13/h2,11-12H,3-10H2,1H3. The van der Waals surface area contributed by atoms with Crippen molar-refractivity contribution in [1.29, 1.82) is 0 Å². The first-order valence-corrected chi connectivity index (χ1v) is 5.99. The minimum absolute atomic E-state index is 0.760. The summed E-state index contributed by atoms with van der Waals surface area (Å²) in [6.07, 6.45) is 7.60. The number of hydrogen-bond donors (Lipinski definition) is 0. The maximum absolute atomic E-state index is 5.42. The molecule has 2 atom stereocenters. The molecule has 0 aromatic rings. The Morgan fingerprint density at radius 2 is 2.21 bits per heavy atom. The van der Waals surface area contributed by atoms with Crippen LogP contribution in [0.4, 0.5) is 0 Å². The van der Waals surface area contributed by atoms with Gasteiger partial charge in [0.1, 0.15) is 0 Å². The van der Waals surface area contributed by atoms with E-state index in [2.05, 4.69) is 18.2 Å². The lowest BCUT2D eigenvalue weighted by Gasteiger charge is -2.33. The number of ether oxygens (including phenoxy) is 1. The van der Waals surface area contributed by atoms with Crippen molar-refractivity contribution in [1.82, 2.24) is 4.90 Å². The van der Waals surface area contributed by atoms with E-state index in [4.69, 9.17) is 4.74 Å². The van der Waals surface area contributed by atoms with Gasteiger partial charge >= 0.3 is 0 Å². The molecule has 0 saturated carbocycles. The maximum atomic E-state index is 5.42. The Bertz CT molecular complexity index is 160. The van der Waals surface area contributed by atoms with Gasteiger partial charge in [-0.1, -0.05) is 0 Å². The fraction of sp³-hybridized carbons (Fsp3) is 0.917. The van der Waals surface area contributed by atoms with Gasteiger partial charge in [-0.3, -0.25) is 0 Å². The molecule has 2 heteroatoms. The highest BCUT2D eigenvalue weighted by atomic mass is 16.5. The Morgan fingerprint density at radius 3 is 2.86 bits per heavy atom. The monoisotopic (exact) mass is 196 g/mol. The number of likely N-dealkylation sites (tertiary alicyclic amines) is 1. The van der Waals surface area contributed by atoms with Gasteiger partial charge in [-0.15, -0.1) is 0 Å². The van der Waals surface area contributed by atoms with Crippen LogP contribution in [0.25, 0.3) is 0 Å². The summed E-state index contributed by atoms with van der Waals surface area (Å²) in [6.45, 7) is 6.92. The Balaban J connectivity index is 1.72. The molecule has 2 saturated heterocycles. The Morgan fingerprint density at radius 1 is 1.43 bits per heavy atom. The topological polar surface area (TPSA) is 12.5 Å². The van der Waals surface area contributed by atoms with E-state index in [1.54, 1.807) is 0 Å². The lowest BCUT2D eigenvalue weighted by molar-refractivity contribution is 0.149. The van der Waals surface area contributed by atoms with Crippen molar-refractivity contribution in [2.75, 3.05) is 26.3 Å². The molecule has 0 aromatic carbocycles. The van der Waals surface area contributed by atoms with E-state index in [1.807, 2.05) is 0 Å². The molecule has 2 heterocycles. The van der Waals surface area contributed by atoms with E-state index in [0.717, 1.165) is 25.2 Å². The van der Waals surface area contributed by atoms with Gasteiger partial charge in [0.15, 0.2) is 0 Å². The zero-order valence-electron chi connectivity index (χ0n) is 9.24. The van der Waals surface area contributed by atoms with Crippen molar-refractivity contribution < 1.29 is 4.74 Å². The third-order valence-corrected chi connectivity index (χ3v) is 3.56. The first kappa shape index (κ1) is 10.4. The molecule has 2 fully saturated rings. The summed E-state index contributed by atoms with van der Waals surface area (Å²) in [5.41, 5.74) is 0. The molecule has 0 N–H and O–H groups in total. The van der Waals surface area contributed by atoms with Crippen molar-refractivity contribution >= 4 is 0 Å². The SMILES string of the molecule is CC(CC1CCOC1)N1CC[CH]CC1. The van der Waals surface area contributed by atoms with E-state index < -0.39 is 0 Å². The molecule has 0 aromatic heterocycles. The second-order valence-electron chi connectivity index (χ2n) is 4.72. The second kappa shape index (κ2) is 5.13. The van der Waals surface area contributed by atoms with Gasteiger partial charge in [-0.2, -0.15) is 0 Å². The molecule has 0 spiro atoms. The average molecular weight is 196 g/mol. The minimum atomic E-state index is 0.760. The third-order valence-electron chi connectivity index (χ3n) is 3.56. The summed E-state index contributed by atoms with van der Waals surface area (Å²) >= 11 is 0. The smallest absolute Gasteiger partial charge is 0.0495 e. The van der Waals surface area contributed by atoms with Crippen LogP contribution in [-0.2, 0) is 4.74 Å². The lowest BCUT2D eigenvalue weighted by Crippen LogP contribution is -2.38. The predicted molar refractivity (Wildman–Crippen MR) is 58.1 cm³/mol.